The Hall–Kier alpha value is -1.69. The van der Waals surface area contributed by atoms with Crippen molar-refractivity contribution < 1.29 is 4.74 Å². The average molecular weight is 260 g/mol. The summed E-state index contributed by atoms with van der Waals surface area (Å²) in [5.41, 5.74) is 8.66. The minimum Gasteiger partial charge on any atom is -0.491 e. The van der Waals surface area contributed by atoms with E-state index in [1.165, 1.54) is 0 Å². The number of nitriles is 1. The molecule has 0 saturated heterocycles. The molecule has 1 aromatic carbocycles. The highest BCUT2D eigenvalue weighted by molar-refractivity contribution is 5.58. The van der Waals surface area contributed by atoms with E-state index < -0.39 is 0 Å². The standard InChI is InChI=1S/C16H24N2O/c1-12-9-13(2)15(14(18)10-12)19-8-6-5-7-16(3,4)11-17/h9-10H,5-8,18H2,1-4H3. The van der Waals surface area contributed by atoms with Crippen LogP contribution in [0.2, 0.25) is 0 Å². The molecule has 3 nitrogen and oxygen atoms in total. The van der Waals surface area contributed by atoms with Crippen molar-refractivity contribution >= 4 is 5.69 Å². The van der Waals surface area contributed by atoms with Crippen molar-refractivity contribution in [1.29, 1.82) is 5.26 Å². The lowest BCUT2D eigenvalue weighted by Crippen LogP contribution is -2.09. The van der Waals surface area contributed by atoms with Crippen LogP contribution in [0.4, 0.5) is 5.69 Å². The summed E-state index contributed by atoms with van der Waals surface area (Å²) in [5.74, 6) is 0.796. The summed E-state index contributed by atoms with van der Waals surface area (Å²) < 4.78 is 5.76. The van der Waals surface area contributed by atoms with Crippen molar-refractivity contribution in [3.05, 3.63) is 23.3 Å². The van der Waals surface area contributed by atoms with Crippen molar-refractivity contribution in [3.63, 3.8) is 0 Å². The summed E-state index contributed by atoms with van der Waals surface area (Å²) in [6, 6.07) is 6.32. The predicted molar refractivity (Wildman–Crippen MR) is 79.1 cm³/mol. The largest absolute Gasteiger partial charge is 0.491 e. The Morgan fingerprint density at radius 1 is 1.26 bits per heavy atom. The Morgan fingerprint density at radius 3 is 2.53 bits per heavy atom. The second-order valence-corrected chi connectivity index (χ2v) is 5.80. The molecule has 0 aliphatic heterocycles. The van der Waals surface area contributed by atoms with Crippen molar-refractivity contribution in [1.82, 2.24) is 0 Å². The molecular weight excluding hydrogens is 236 g/mol. The number of anilines is 1. The van der Waals surface area contributed by atoms with Crippen LogP contribution in [0.15, 0.2) is 12.1 Å². The van der Waals surface area contributed by atoms with Crippen LogP contribution >= 0.6 is 0 Å². The number of ether oxygens (including phenoxy) is 1. The molecule has 0 saturated carbocycles. The molecule has 0 fully saturated rings. The summed E-state index contributed by atoms with van der Waals surface area (Å²) in [6.45, 7) is 8.62. The first kappa shape index (κ1) is 15.4. The lowest BCUT2D eigenvalue weighted by atomic mass is 9.89. The maximum atomic E-state index is 8.93. The van der Waals surface area contributed by atoms with Gasteiger partial charge in [0.15, 0.2) is 0 Å². The number of unbranched alkanes of at least 4 members (excludes halogenated alkanes) is 1. The number of nitrogens with zero attached hydrogens (tertiary/aromatic N) is 1. The molecule has 0 atom stereocenters. The van der Waals surface area contributed by atoms with E-state index in [2.05, 4.69) is 12.1 Å². The van der Waals surface area contributed by atoms with Crippen molar-refractivity contribution in [2.24, 2.45) is 5.41 Å². The van der Waals surface area contributed by atoms with Gasteiger partial charge in [-0.15, -0.1) is 0 Å². The third-order valence-corrected chi connectivity index (χ3v) is 3.19. The van der Waals surface area contributed by atoms with E-state index in [1.54, 1.807) is 0 Å². The summed E-state index contributed by atoms with van der Waals surface area (Å²) in [5, 5.41) is 8.93. The zero-order valence-corrected chi connectivity index (χ0v) is 12.4. The fourth-order valence-corrected chi connectivity index (χ4v) is 2.08. The molecule has 0 aromatic heterocycles. The van der Waals surface area contributed by atoms with Gasteiger partial charge >= 0.3 is 0 Å². The maximum Gasteiger partial charge on any atom is 0.145 e. The van der Waals surface area contributed by atoms with Crippen LogP contribution < -0.4 is 10.5 Å². The number of hydrogen-bond acceptors (Lipinski definition) is 3. The Bertz CT molecular complexity index is 449. The first-order chi connectivity index (χ1) is 8.85. The summed E-state index contributed by atoms with van der Waals surface area (Å²) >= 11 is 0. The van der Waals surface area contributed by atoms with Gasteiger partial charge in [0, 0.05) is 0 Å². The molecule has 0 bridgehead atoms. The number of aryl methyl sites for hydroxylation is 2. The second kappa shape index (κ2) is 6.47. The number of hydrogen-bond donors (Lipinski definition) is 1. The number of rotatable bonds is 6. The number of nitrogens with two attached hydrogens (primary N) is 1. The van der Waals surface area contributed by atoms with E-state index >= 15 is 0 Å². The lowest BCUT2D eigenvalue weighted by Gasteiger charge is -2.15. The zero-order valence-electron chi connectivity index (χ0n) is 12.4. The van der Waals surface area contributed by atoms with Crippen LogP contribution in [-0.2, 0) is 0 Å². The fraction of sp³-hybridized carbons (Fsp3) is 0.562. The van der Waals surface area contributed by atoms with E-state index in [9.17, 15) is 0 Å². The van der Waals surface area contributed by atoms with Crippen LogP contribution in [0.3, 0.4) is 0 Å². The molecule has 2 N–H and O–H groups in total. The molecule has 104 valence electrons. The molecule has 0 heterocycles. The molecular formula is C16H24N2O. The zero-order chi connectivity index (χ0) is 14.5. The summed E-state index contributed by atoms with van der Waals surface area (Å²) in [4.78, 5) is 0. The van der Waals surface area contributed by atoms with Gasteiger partial charge in [-0.25, -0.2) is 0 Å². The van der Waals surface area contributed by atoms with Gasteiger partial charge < -0.3 is 10.5 Å². The molecule has 1 aromatic rings. The van der Waals surface area contributed by atoms with E-state index in [0.29, 0.717) is 12.3 Å². The normalized spacial score (nSPS) is 11.1. The van der Waals surface area contributed by atoms with Gasteiger partial charge in [0.25, 0.3) is 0 Å². The van der Waals surface area contributed by atoms with Crippen LogP contribution in [0.25, 0.3) is 0 Å². The smallest absolute Gasteiger partial charge is 0.145 e. The molecule has 0 spiro atoms. The summed E-state index contributed by atoms with van der Waals surface area (Å²) in [6.07, 6.45) is 2.83. The lowest BCUT2D eigenvalue weighted by molar-refractivity contribution is 0.294. The van der Waals surface area contributed by atoms with Gasteiger partial charge in [-0.1, -0.05) is 6.07 Å². The highest BCUT2D eigenvalue weighted by Crippen LogP contribution is 2.28. The first-order valence-corrected chi connectivity index (χ1v) is 6.76. The van der Waals surface area contributed by atoms with E-state index in [-0.39, 0.29) is 5.41 Å². The topological polar surface area (TPSA) is 59.0 Å². The minimum absolute atomic E-state index is 0.237. The molecule has 19 heavy (non-hydrogen) atoms. The van der Waals surface area contributed by atoms with Crippen LogP contribution in [-0.4, -0.2) is 6.61 Å². The van der Waals surface area contributed by atoms with Gasteiger partial charge in [-0.2, -0.15) is 5.26 Å². The van der Waals surface area contributed by atoms with Gasteiger partial charge in [0.2, 0.25) is 0 Å². The predicted octanol–water partition coefficient (Wildman–Crippen LogP) is 3.98. The monoisotopic (exact) mass is 260 g/mol. The number of nitrogen functional groups attached to an aromatic ring is 1. The third kappa shape index (κ3) is 4.82. The van der Waals surface area contributed by atoms with Crippen LogP contribution in [0, 0.1) is 30.6 Å². The van der Waals surface area contributed by atoms with E-state index in [0.717, 1.165) is 36.1 Å². The highest BCUT2D eigenvalue weighted by atomic mass is 16.5. The quantitative estimate of drug-likeness (QED) is 0.621. The Balaban J connectivity index is 2.41. The van der Waals surface area contributed by atoms with Crippen LogP contribution in [0.1, 0.15) is 44.2 Å². The Labute approximate surface area is 116 Å². The van der Waals surface area contributed by atoms with Crippen molar-refractivity contribution in [2.45, 2.75) is 47.0 Å². The SMILES string of the molecule is Cc1cc(C)c(OCCCCC(C)(C)C#N)c(N)c1. The maximum absolute atomic E-state index is 8.93. The van der Waals surface area contributed by atoms with Gasteiger partial charge in [-0.05, 0) is 64.2 Å². The van der Waals surface area contributed by atoms with E-state index in [4.69, 9.17) is 15.7 Å². The summed E-state index contributed by atoms with van der Waals surface area (Å²) in [7, 11) is 0. The molecule has 0 aliphatic carbocycles. The fourth-order valence-electron chi connectivity index (χ4n) is 2.08. The molecule has 0 unspecified atom stereocenters. The molecule has 0 amide bonds. The Kier molecular flexibility index (Phi) is 5.23. The molecule has 0 aliphatic rings. The van der Waals surface area contributed by atoms with Gasteiger partial charge in [-0.3, -0.25) is 0 Å². The minimum atomic E-state index is -0.237. The van der Waals surface area contributed by atoms with E-state index in [1.807, 2.05) is 33.8 Å². The Morgan fingerprint density at radius 2 is 1.95 bits per heavy atom. The second-order valence-electron chi connectivity index (χ2n) is 5.80. The van der Waals surface area contributed by atoms with Crippen LogP contribution in [0.5, 0.6) is 5.75 Å². The molecule has 0 radical (unpaired) electrons. The molecule has 1 rings (SSSR count). The highest BCUT2D eigenvalue weighted by Gasteiger charge is 2.15. The van der Waals surface area contributed by atoms with Gasteiger partial charge in [0.1, 0.15) is 5.75 Å². The first-order valence-electron chi connectivity index (χ1n) is 6.76. The van der Waals surface area contributed by atoms with Crippen molar-refractivity contribution in [3.8, 4) is 11.8 Å². The molecule has 3 heteroatoms. The average Bonchev–Trinajstić information content (AvgIpc) is 2.31. The third-order valence-electron chi connectivity index (χ3n) is 3.19. The van der Waals surface area contributed by atoms with Crippen molar-refractivity contribution in [2.75, 3.05) is 12.3 Å². The van der Waals surface area contributed by atoms with Gasteiger partial charge in [0.05, 0.1) is 23.8 Å². The number of benzene rings is 1.